The van der Waals surface area contributed by atoms with Crippen LogP contribution in [-0.2, 0) is 0 Å². The Labute approximate surface area is 160 Å². The van der Waals surface area contributed by atoms with Crippen LogP contribution < -0.4 is 15.2 Å². The van der Waals surface area contributed by atoms with Gasteiger partial charge in [-0.3, -0.25) is 15.2 Å². The van der Waals surface area contributed by atoms with Crippen LogP contribution in [-0.4, -0.2) is 38.9 Å². The maximum Gasteiger partial charge on any atom is 0.311 e. The van der Waals surface area contributed by atoms with E-state index in [1.54, 1.807) is 25.3 Å². The molecule has 1 heterocycles. The number of H-pyrrole nitrogens is 1. The first-order valence-corrected chi connectivity index (χ1v) is 8.41. The molecule has 28 heavy (non-hydrogen) atoms. The standard InChI is InChI=1S/C18H19N5O5/c1-3-28-15-9-10(5-7-14(15)27-2)16(19)18-20-17(21-22-18)11-4-6-13(24)12(8-11)23(25)26/h4-9,16,24H,3,19H2,1-2H3,(H,20,21,22)/t16-/m0/s1. The lowest BCUT2D eigenvalue weighted by atomic mass is 10.1. The highest BCUT2D eigenvalue weighted by Gasteiger charge is 2.19. The van der Waals surface area contributed by atoms with Gasteiger partial charge in [-0.1, -0.05) is 6.07 Å². The van der Waals surface area contributed by atoms with Gasteiger partial charge in [0.1, 0.15) is 5.82 Å². The predicted octanol–water partition coefficient (Wildman–Crippen LogP) is 2.54. The lowest BCUT2D eigenvalue weighted by molar-refractivity contribution is -0.385. The summed E-state index contributed by atoms with van der Waals surface area (Å²) in [5.74, 6) is 1.33. The van der Waals surface area contributed by atoms with Gasteiger partial charge < -0.3 is 20.3 Å². The second-order valence-electron chi connectivity index (χ2n) is 5.83. The molecule has 0 spiro atoms. The molecule has 1 aromatic heterocycles. The summed E-state index contributed by atoms with van der Waals surface area (Å²) in [5, 5.41) is 27.4. The van der Waals surface area contributed by atoms with Gasteiger partial charge >= 0.3 is 5.69 Å². The van der Waals surface area contributed by atoms with E-state index in [1.807, 2.05) is 6.92 Å². The van der Waals surface area contributed by atoms with E-state index in [4.69, 9.17) is 15.2 Å². The number of methoxy groups -OCH3 is 1. The molecule has 0 unspecified atom stereocenters. The van der Waals surface area contributed by atoms with Crippen molar-refractivity contribution in [1.82, 2.24) is 15.2 Å². The van der Waals surface area contributed by atoms with Crippen molar-refractivity contribution in [3.8, 4) is 28.6 Å². The van der Waals surface area contributed by atoms with Crippen molar-refractivity contribution >= 4 is 5.69 Å². The van der Waals surface area contributed by atoms with E-state index < -0.39 is 22.4 Å². The number of aromatic amines is 1. The normalized spacial score (nSPS) is 11.8. The molecule has 0 aliphatic heterocycles. The molecular weight excluding hydrogens is 366 g/mol. The Hall–Kier alpha value is -3.66. The molecule has 10 heteroatoms. The van der Waals surface area contributed by atoms with Crippen molar-refractivity contribution in [2.45, 2.75) is 13.0 Å². The van der Waals surface area contributed by atoms with E-state index in [0.29, 0.717) is 29.5 Å². The first-order chi connectivity index (χ1) is 13.4. The van der Waals surface area contributed by atoms with Crippen molar-refractivity contribution < 1.29 is 19.5 Å². The number of nitrogens with zero attached hydrogens (tertiary/aromatic N) is 3. The van der Waals surface area contributed by atoms with E-state index in [1.165, 1.54) is 18.2 Å². The maximum atomic E-state index is 11.0. The molecule has 0 aliphatic rings. The van der Waals surface area contributed by atoms with Gasteiger partial charge in [0.25, 0.3) is 0 Å². The van der Waals surface area contributed by atoms with Crippen LogP contribution in [0.5, 0.6) is 17.2 Å². The van der Waals surface area contributed by atoms with Crippen LogP contribution in [0, 0.1) is 10.1 Å². The number of nitro benzene ring substituents is 1. The summed E-state index contributed by atoms with van der Waals surface area (Å²) in [7, 11) is 1.55. The number of benzene rings is 2. The van der Waals surface area contributed by atoms with Gasteiger partial charge in [-0.2, -0.15) is 5.10 Å². The number of rotatable bonds is 7. The summed E-state index contributed by atoms with van der Waals surface area (Å²) in [4.78, 5) is 14.7. The molecule has 0 fully saturated rings. The fraction of sp³-hybridized carbons (Fsp3) is 0.222. The van der Waals surface area contributed by atoms with Gasteiger partial charge in [-0.15, -0.1) is 0 Å². The van der Waals surface area contributed by atoms with Crippen LogP contribution in [0.4, 0.5) is 5.69 Å². The summed E-state index contributed by atoms with van der Waals surface area (Å²) in [5.41, 5.74) is 6.97. The van der Waals surface area contributed by atoms with E-state index >= 15 is 0 Å². The summed E-state index contributed by atoms with van der Waals surface area (Å²) >= 11 is 0. The number of nitrogens with one attached hydrogen (secondary N) is 1. The molecule has 3 rings (SSSR count). The highest BCUT2D eigenvalue weighted by atomic mass is 16.6. The van der Waals surface area contributed by atoms with Gasteiger partial charge in [0.05, 0.1) is 24.7 Å². The highest BCUT2D eigenvalue weighted by Crippen LogP contribution is 2.32. The lowest BCUT2D eigenvalue weighted by Crippen LogP contribution is -2.14. The minimum Gasteiger partial charge on any atom is -0.502 e. The van der Waals surface area contributed by atoms with Gasteiger partial charge in [0, 0.05) is 11.6 Å². The number of ether oxygens (including phenoxy) is 2. The van der Waals surface area contributed by atoms with Crippen LogP contribution in [0.1, 0.15) is 24.4 Å². The Kier molecular flexibility index (Phi) is 5.41. The molecule has 146 valence electrons. The molecule has 0 aliphatic carbocycles. The largest absolute Gasteiger partial charge is 0.502 e. The minimum absolute atomic E-state index is 0.229. The quantitative estimate of drug-likeness (QED) is 0.415. The number of aromatic nitrogens is 3. The summed E-state index contributed by atoms with van der Waals surface area (Å²) in [6.45, 7) is 2.34. The van der Waals surface area contributed by atoms with Crippen molar-refractivity contribution in [3.63, 3.8) is 0 Å². The Morgan fingerprint density at radius 2 is 2.07 bits per heavy atom. The predicted molar refractivity (Wildman–Crippen MR) is 100 cm³/mol. The molecule has 0 bridgehead atoms. The Bertz CT molecular complexity index is 1000. The van der Waals surface area contributed by atoms with E-state index in [0.717, 1.165) is 5.56 Å². The van der Waals surface area contributed by atoms with Gasteiger partial charge in [-0.05, 0) is 36.8 Å². The summed E-state index contributed by atoms with van der Waals surface area (Å²) in [6.07, 6.45) is 0. The fourth-order valence-electron chi connectivity index (χ4n) is 2.66. The second-order valence-corrected chi connectivity index (χ2v) is 5.83. The Morgan fingerprint density at radius 1 is 1.29 bits per heavy atom. The molecule has 1 atom stereocenters. The molecule has 0 saturated heterocycles. The Morgan fingerprint density at radius 3 is 2.75 bits per heavy atom. The van der Waals surface area contributed by atoms with Crippen LogP contribution in [0.2, 0.25) is 0 Å². The number of nitro groups is 1. The zero-order valence-electron chi connectivity index (χ0n) is 15.2. The van der Waals surface area contributed by atoms with Gasteiger partial charge in [-0.25, -0.2) is 4.98 Å². The van der Waals surface area contributed by atoms with Crippen molar-refractivity contribution in [2.75, 3.05) is 13.7 Å². The molecule has 0 amide bonds. The zero-order chi connectivity index (χ0) is 20.3. The van der Waals surface area contributed by atoms with Crippen LogP contribution in [0.25, 0.3) is 11.4 Å². The SMILES string of the molecule is CCOc1cc([C@H](N)c2nc(-c3ccc(O)c([N+](=O)[O-])c3)n[nH]2)ccc1OC. The number of phenolic OH excluding ortho intramolecular Hbond substituents is 1. The van der Waals surface area contributed by atoms with Gasteiger partial charge in [0.15, 0.2) is 23.1 Å². The lowest BCUT2D eigenvalue weighted by Gasteiger charge is -2.14. The molecule has 3 aromatic rings. The molecular formula is C18H19N5O5. The minimum atomic E-state index is -0.676. The average Bonchev–Trinajstić information content (AvgIpc) is 3.18. The molecule has 4 N–H and O–H groups in total. The smallest absolute Gasteiger partial charge is 0.311 e. The van der Waals surface area contributed by atoms with Crippen LogP contribution in [0.15, 0.2) is 36.4 Å². The van der Waals surface area contributed by atoms with E-state index in [-0.39, 0.29) is 5.82 Å². The third kappa shape index (κ3) is 3.71. The number of aromatic hydroxyl groups is 1. The van der Waals surface area contributed by atoms with Crippen molar-refractivity contribution in [2.24, 2.45) is 5.73 Å². The third-order valence-corrected chi connectivity index (χ3v) is 4.07. The number of hydrogen-bond acceptors (Lipinski definition) is 8. The zero-order valence-corrected chi connectivity index (χ0v) is 15.2. The molecule has 2 aromatic carbocycles. The average molecular weight is 385 g/mol. The third-order valence-electron chi connectivity index (χ3n) is 4.07. The summed E-state index contributed by atoms with van der Waals surface area (Å²) in [6, 6.07) is 8.59. The van der Waals surface area contributed by atoms with Gasteiger partial charge in [0.2, 0.25) is 0 Å². The number of nitrogens with two attached hydrogens (primary N) is 1. The number of hydrogen-bond donors (Lipinski definition) is 3. The second kappa shape index (κ2) is 7.92. The fourth-order valence-corrected chi connectivity index (χ4v) is 2.66. The molecule has 10 nitrogen and oxygen atoms in total. The summed E-state index contributed by atoms with van der Waals surface area (Å²) < 4.78 is 10.8. The topological polar surface area (TPSA) is 149 Å². The van der Waals surface area contributed by atoms with Crippen molar-refractivity contribution in [1.29, 1.82) is 0 Å². The Balaban J connectivity index is 1.91. The van der Waals surface area contributed by atoms with Crippen LogP contribution in [0.3, 0.4) is 0 Å². The highest BCUT2D eigenvalue weighted by molar-refractivity contribution is 5.63. The first kappa shape index (κ1) is 19.1. The molecule has 0 saturated carbocycles. The molecule has 0 radical (unpaired) electrons. The van der Waals surface area contributed by atoms with Crippen molar-refractivity contribution in [3.05, 3.63) is 57.9 Å². The maximum absolute atomic E-state index is 11.0. The number of phenols is 1. The first-order valence-electron chi connectivity index (χ1n) is 8.41. The van der Waals surface area contributed by atoms with E-state index in [2.05, 4.69) is 15.2 Å². The van der Waals surface area contributed by atoms with E-state index in [9.17, 15) is 15.2 Å². The van der Waals surface area contributed by atoms with Crippen LogP contribution >= 0.6 is 0 Å². The monoisotopic (exact) mass is 385 g/mol.